The van der Waals surface area contributed by atoms with Crippen LogP contribution in [0.25, 0.3) is 0 Å². The number of carboxylic acid groups (broad SMARTS) is 1. The van der Waals surface area contributed by atoms with E-state index >= 15 is 0 Å². The summed E-state index contributed by atoms with van der Waals surface area (Å²) in [5, 5.41) is 23.7. The van der Waals surface area contributed by atoms with E-state index in [2.05, 4.69) is 23.3 Å². The molecule has 0 saturated carbocycles. The molecule has 1 aromatic rings. The predicted molar refractivity (Wildman–Crippen MR) is 110 cm³/mol. The molecular formula is C20H28N2O6S. The molecule has 0 unspecified atom stereocenters. The summed E-state index contributed by atoms with van der Waals surface area (Å²) in [5.74, 6) is -2.07. The maximum absolute atomic E-state index is 13.1. The second-order valence-electron chi connectivity index (χ2n) is 7.61. The van der Waals surface area contributed by atoms with Crippen LogP contribution in [0.2, 0.25) is 0 Å². The van der Waals surface area contributed by atoms with Gasteiger partial charge in [-0.05, 0) is 23.6 Å². The third-order valence-corrected chi connectivity index (χ3v) is 5.85. The molecule has 1 aromatic carbocycles. The number of phenols is 1. The van der Waals surface area contributed by atoms with Crippen molar-refractivity contribution in [2.24, 2.45) is 5.92 Å². The number of phenolic OH excluding ortho intramolecular Hbond substituents is 1. The van der Waals surface area contributed by atoms with Gasteiger partial charge in [-0.1, -0.05) is 26.0 Å². The molecule has 2 atom stereocenters. The van der Waals surface area contributed by atoms with Crippen LogP contribution in [0, 0.1) is 5.92 Å². The molecule has 1 heterocycles. The summed E-state index contributed by atoms with van der Waals surface area (Å²) in [7, 11) is 0. The monoisotopic (exact) mass is 424 g/mol. The fraction of sp³-hybridized carbons (Fsp3) is 0.550. The number of ether oxygens (including phenoxy) is 1. The Morgan fingerprint density at radius 3 is 2.28 bits per heavy atom. The smallest absolute Gasteiger partial charge is 0.326 e. The zero-order valence-corrected chi connectivity index (χ0v) is 17.4. The van der Waals surface area contributed by atoms with Crippen LogP contribution >= 0.6 is 12.6 Å². The zero-order chi connectivity index (χ0) is 21.6. The lowest BCUT2D eigenvalue weighted by Crippen LogP contribution is -2.64. The van der Waals surface area contributed by atoms with E-state index in [0.717, 1.165) is 0 Å². The molecule has 1 saturated heterocycles. The SMILES string of the molecule is CC(C)[C@H](S)C(=O)NC1(C(=O)N[C@@H](Cc2ccc(O)cc2)C(=O)O)CCOCC1. The third kappa shape index (κ3) is 6.11. The van der Waals surface area contributed by atoms with Gasteiger partial charge in [-0.3, -0.25) is 9.59 Å². The largest absolute Gasteiger partial charge is 0.508 e. The summed E-state index contributed by atoms with van der Waals surface area (Å²) in [6, 6.07) is 4.92. The van der Waals surface area contributed by atoms with Gasteiger partial charge in [0, 0.05) is 32.5 Å². The number of carbonyl (C=O) groups excluding carboxylic acids is 2. The van der Waals surface area contributed by atoms with Gasteiger partial charge in [-0.2, -0.15) is 12.6 Å². The number of carbonyl (C=O) groups is 3. The molecule has 0 spiro atoms. The van der Waals surface area contributed by atoms with Gasteiger partial charge < -0.3 is 25.6 Å². The molecule has 2 amide bonds. The Balaban J connectivity index is 2.17. The van der Waals surface area contributed by atoms with E-state index in [1.54, 1.807) is 12.1 Å². The Morgan fingerprint density at radius 2 is 1.76 bits per heavy atom. The second kappa shape index (κ2) is 9.98. The average molecular weight is 425 g/mol. The van der Waals surface area contributed by atoms with E-state index in [9.17, 15) is 24.6 Å². The molecule has 2 rings (SSSR count). The van der Waals surface area contributed by atoms with Crippen LogP contribution in [0.15, 0.2) is 24.3 Å². The van der Waals surface area contributed by atoms with Crippen molar-refractivity contribution in [3.8, 4) is 5.75 Å². The number of aliphatic carboxylic acids is 1. The van der Waals surface area contributed by atoms with Crippen LogP contribution in [0.3, 0.4) is 0 Å². The minimum absolute atomic E-state index is 0.0282. The topological polar surface area (TPSA) is 125 Å². The number of hydrogen-bond acceptors (Lipinski definition) is 6. The Hall–Kier alpha value is -2.26. The van der Waals surface area contributed by atoms with Crippen LogP contribution in [-0.4, -0.2) is 58.0 Å². The minimum Gasteiger partial charge on any atom is -0.508 e. The molecule has 29 heavy (non-hydrogen) atoms. The first-order valence-corrected chi connectivity index (χ1v) is 10.1. The molecule has 0 bridgehead atoms. The first kappa shape index (κ1) is 23.0. The van der Waals surface area contributed by atoms with Gasteiger partial charge in [0.2, 0.25) is 11.8 Å². The molecule has 1 aliphatic heterocycles. The highest BCUT2D eigenvalue weighted by Crippen LogP contribution is 2.23. The normalized spacial score (nSPS) is 17.9. The van der Waals surface area contributed by atoms with Crippen molar-refractivity contribution in [3.63, 3.8) is 0 Å². The molecule has 4 N–H and O–H groups in total. The summed E-state index contributed by atoms with van der Waals surface area (Å²) in [5.41, 5.74) is -0.593. The van der Waals surface area contributed by atoms with Crippen molar-refractivity contribution in [2.75, 3.05) is 13.2 Å². The number of rotatable bonds is 8. The van der Waals surface area contributed by atoms with Crippen molar-refractivity contribution in [1.29, 1.82) is 0 Å². The number of nitrogens with one attached hydrogen (secondary N) is 2. The fourth-order valence-corrected chi connectivity index (χ4v) is 3.17. The number of thiol groups is 1. The van der Waals surface area contributed by atoms with Crippen LogP contribution in [0.4, 0.5) is 0 Å². The van der Waals surface area contributed by atoms with Crippen LogP contribution in [-0.2, 0) is 25.5 Å². The van der Waals surface area contributed by atoms with Gasteiger partial charge in [0.15, 0.2) is 0 Å². The Labute approximate surface area is 175 Å². The molecule has 0 aromatic heterocycles. The van der Waals surface area contributed by atoms with Crippen molar-refractivity contribution in [3.05, 3.63) is 29.8 Å². The quantitative estimate of drug-likeness (QED) is 0.398. The molecular weight excluding hydrogens is 396 g/mol. The molecule has 9 heteroatoms. The highest BCUT2D eigenvalue weighted by Gasteiger charge is 2.43. The lowest BCUT2D eigenvalue weighted by Gasteiger charge is -2.38. The molecule has 1 fully saturated rings. The average Bonchev–Trinajstić information content (AvgIpc) is 2.68. The first-order valence-electron chi connectivity index (χ1n) is 9.54. The number of hydrogen-bond donors (Lipinski definition) is 5. The summed E-state index contributed by atoms with van der Waals surface area (Å²) >= 11 is 4.31. The molecule has 0 aliphatic carbocycles. The van der Waals surface area contributed by atoms with E-state index < -0.39 is 28.7 Å². The maximum atomic E-state index is 13.1. The molecule has 0 radical (unpaired) electrons. The van der Waals surface area contributed by atoms with Crippen LogP contribution < -0.4 is 10.6 Å². The van der Waals surface area contributed by atoms with Gasteiger partial charge in [0.1, 0.15) is 17.3 Å². The summed E-state index contributed by atoms with van der Waals surface area (Å²) in [6.07, 6.45) is 0.534. The van der Waals surface area contributed by atoms with Crippen molar-refractivity contribution < 1.29 is 29.3 Å². The fourth-order valence-electron chi connectivity index (χ4n) is 3.11. The zero-order valence-electron chi connectivity index (χ0n) is 16.6. The lowest BCUT2D eigenvalue weighted by atomic mass is 9.87. The van der Waals surface area contributed by atoms with Gasteiger partial charge in [-0.25, -0.2) is 4.79 Å². The van der Waals surface area contributed by atoms with E-state index in [4.69, 9.17) is 4.74 Å². The van der Waals surface area contributed by atoms with Gasteiger partial charge in [0.25, 0.3) is 0 Å². The lowest BCUT2D eigenvalue weighted by molar-refractivity contribution is -0.145. The number of amides is 2. The van der Waals surface area contributed by atoms with Crippen molar-refractivity contribution in [1.82, 2.24) is 10.6 Å². The van der Waals surface area contributed by atoms with E-state index in [1.807, 2.05) is 13.8 Å². The van der Waals surface area contributed by atoms with E-state index in [1.165, 1.54) is 12.1 Å². The molecule has 1 aliphatic rings. The Kier molecular flexibility index (Phi) is 7.92. The molecule has 160 valence electrons. The summed E-state index contributed by atoms with van der Waals surface area (Å²) in [4.78, 5) is 37.4. The Bertz CT molecular complexity index is 731. The minimum atomic E-state index is -1.24. The van der Waals surface area contributed by atoms with Crippen LogP contribution in [0.5, 0.6) is 5.75 Å². The van der Waals surface area contributed by atoms with Crippen molar-refractivity contribution in [2.45, 2.75) is 49.9 Å². The third-order valence-electron chi connectivity index (χ3n) is 5.02. The predicted octanol–water partition coefficient (Wildman–Crippen LogP) is 1.12. The van der Waals surface area contributed by atoms with E-state index in [-0.39, 0.29) is 50.1 Å². The van der Waals surface area contributed by atoms with Crippen molar-refractivity contribution >= 4 is 30.4 Å². The van der Waals surface area contributed by atoms with Crippen LogP contribution in [0.1, 0.15) is 32.3 Å². The summed E-state index contributed by atoms with van der Waals surface area (Å²) in [6.45, 7) is 4.27. The standard InChI is InChI=1S/C20H28N2O6S/c1-12(2)16(29)17(24)22-20(7-9-28-10-8-20)19(27)21-15(18(25)26)11-13-3-5-14(23)6-4-13/h3-6,12,15-16,23,29H,7-11H2,1-2H3,(H,21,27)(H,22,24)(H,25,26)/t15-,16-/m0/s1. The van der Waals surface area contributed by atoms with Gasteiger partial charge in [0.05, 0.1) is 5.25 Å². The highest BCUT2D eigenvalue weighted by atomic mass is 32.1. The first-order chi connectivity index (χ1) is 13.6. The highest BCUT2D eigenvalue weighted by molar-refractivity contribution is 7.81. The second-order valence-corrected chi connectivity index (χ2v) is 8.16. The molecule has 8 nitrogen and oxygen atoms in total. The number of carboxylic acids is 1. The van der Waals surface area contributed by atoms with Gasteiger partial charge >= 0.3 is 5.97 Å². The van der Waals surface area contributed by atoms with Gasteiger partial charge in [-0.15, -0.1) is 0 Å². The Morgan fingerprint density at radius 1 is 1.17 bits per heavy atom. The number of benzene rings is 1. The summed E-state index contributed by atoms with van der Waals surface area (Å²) < 4.78 is 5.33. The maximum Gasteiger partial charge on any atom is 0.326 e. The number of aromatic hydroxyl groups is 1. The van der Waals surface area contributed by atoms with E-state index in [0.29, 0.717) is 5.56 Å².